The zero-order valence-corrected chi connectivity index (χ0v) is 9.73. The van der Waals surface area contributed by atoms with Crippen LogP contribution in [0.4, 0.5) is 18.9 Å². The van der Waals surface area contributed by atoms with E-state index < -0.39 is 6.36 Å². The lowest BCUT2D eigenvalue weighted by molar-refractivity contribution is -0.274. The van der Waals surface area contributed by atoms with E-state index in [4.69, 9.17) is 0 Å². The molecule has 0 aromatic heterocycles. The Hall–Kier alpha value is -1.17. The van der Waals surface area contributed by atoms with Gasteiger partial charge in [0.15, 0.2) is 5.75 Å². The Bertz CT molecular complexity index is 379. The maximum Gasteiger partial charge on any atom is 0.573 e. The van der Waals surface area contributed by atoms with E-state index >= 15 is 0 Å². The predicted octanol–water partition coefficient (Wildman–Crippen LogP) is 3.91. The third-order valence-corrected chi connectivity index (χ3v) is 1.86. The van der Waals surface area contributed by atoms with Crippen molar-refractivity contribution in [3.8, 4) is 5.75 Å². The van der Waals surface area contributed by atoms with E-state index in [0.29, 0.717) is 11.0 Å². The lowest BCUT2D eigenvalue weighted by atomic mass is 10.3. The van der Waals surface area contributed by atoms with Crippen LogP contribution in [0, 0.1) is 0 Å². The minimum atomic E-state index is -4.69. The Labute approximate surface area is 99.2 Å². The maximum absolute atomic E-state index is 12.0. The summed E-state index contributed by atoms with van der Waals surface area (Å²) in [7, 11) is 0. The molecule has 0 unspecified atom stereocenters. The van der Waals surface area contributed by atoms with E-state index in [2.05, 4.69) is 32.6 Å². The van der Waals surface area contributed by atoms with E-state index in [-0.39, 0.29) is 11.4 Å². The molecule has 2 nitrogen and oxygen atoms in total. The minimum Gasteiger partial charge on any atom is -0.404 e. The molecule has 0 aliphatic heterocycles. The second-order valence-electron chi connectivity index (χ2n) is 2.91. The highest BCUT2D eigenvalue weighted by molar-refractivity contribution is 9.11. The highest BCUT2D eigenvalue weighted by atomic mass is 79.9. The van der Waals surface area contributed by atoms with Crippen molar-refractivity contribution in [3.63, 3.8) is 0 Å². The van der Waals surface area contributed by atoms with Gasteiger partial charge in [-0.1, -0.05) is 34.6 Å². The summed E-state index contributed by atoms with van der Waals surface area (Å²) in [5.41, 5.74) is 0.264. The van der Waals surface area contributed by atoms with Crippen LogP contribution in [0.3, 0.4) is 0 Å². The van der Waals surface area contributed by atoms with Crippen molar-refractivity contribution < 1.29 is 17.9 Å². The normalized spacial score (nSPS) is 11.0. The van der Waals surface area contributed by atoms with Crippen LogP contribution in [-0.4, -0.2) is 12.9 Å². The predicted molar refractivity (Wildman–Crippen MR) is 59.7 cm³/mol. The first-order valence-electron chi connectivity index (χ1n) is 4.30. The smallest absolute Gasteiger partial charge is 0.404 e. The van der Waals surface area contributed by atoms with Gasteiger partial charge in [-0.3, -0.25) is 0 Å². The third-order valence-electron chi connectivity index (χ3n) is 1.58. The molecule has 16 heavy (non-hydrogen) atoms. The van der Waals surface area contributed by atoms with E-state index in [0.717, 1.165) is 0 Å². The van der Waals surface area contributed by atoms with Crippen LogP contribution < -0.4 is 10.1 Å². The molecule has 0 fully saturated rings. The van der Waals surface area contributed by atoms with Crippen LogP contribution in [0.5, 0.6) is 5.75 Å². The number of benzene rings is 1. The van der Waals surface area contributed by atoms with Gasteiger partial charge in [-0.05, 0) is 12.1 Å². The highest BCUT2D eigenvalue weighted by Crippen LogP contribution is 2.29. The monoisotopic (exact) mass is 295 g/mol. The lowest BCUT2D eigenvalue weighted by Gasteiger charge is -2.14. The number of rotatable bonds is 4. The third kappa shape index (κ3) is 4.57. The number of ether oxygens (including phenoxy) is 1. The molecule has 1 aromatic carbocycles. The Morgan fingerprint density at radius 2 is 2.00 bits per heavy atom. The second-order valence-corrected chi connectivity index (χ2v) is 4.04. The number of halogens is 4. The Kier molecular flexibility index (Phi) is 4.23. The van der Waals surface area contributed by atoms with Gasteiger partial charge in [0.25, 0.3) is 0 Å². The number of hydrogen-bond donors (Lipinski definition) is 1. The van der Waals surface area contributed by atoms with Gasteiger partial charge in [0, 0.05) is 11.0 Å². The summed E-state index contributed by atoms with van der Waals surface area (Å²) in [6.07, 6.45) is -4.69. The van der Waals surface area contributed by atoms with Gasteiger partial charge >= 0.3 is 6.36 Å². The Morgan fingerprint density at radius 3 is 2.56 bits per heavy atom. The average molecular weight is 296 g/mol. The van der Waals surface area contributed by atoms with Crippen molar-refractivity contribution in [3.05, 3.63) is 35.3 Å². The molecule has 0 saturated carbocycles. The summed E-state index contributed by atoms with van der Waals surface area (Å²) in [6, 6.07) is 5.82. The molecule has 88 valence electrons. The van der Waals surface area contributed by atoms with Crippen LogP contribution in [0.25, 0.3) is 0 Å². The van der Waals surface area contributed by atoms with Gasteiger partial charge in [0.1, 0.15) is 0 Å². The summed E-state index contributed by atoms with van der Waals surface area (Å²) in [5.74, 6) is -0.260. The highest BCUT2D eigenvalue weighted by Gasteiger charge is 2.31. The largest absolute Gasteiger partial charge is 0.573 e. The molecule has 0 amide bonds. The van der Waals surface area contributed by atoms with Crippen molar-refractivity contribution in [2.24, 2.45) is 0 Å². The molecule has 0 bridgehead atoms. The number of hydrogen-bond acceptors (Lipinski definition) is 2. The second kappa shape index (κ2) is 5.25. The molecule has 0 saturated heterocycles. The van der Waals surface area contributed by atoms with E-state index in [1.54, 1.807) is 6.07 Å². The van der Waals surface area contributed by atoms with Crippen LogP contribution in [0.2, 0.25) is 0 Å². The molecule has 0 radical (unpaired) electrons. The summed E-state index contributed by atoms with van der Waals surface area (Å²) in [6.45, 7) is 3.88. The summed E-state index contributed by atoms with van der Waals surface area (Å²) >= 11 is 3.10. The van der Waals surface area contributed by atoms with Crippen molar-refractivity contribution in [2.75, 3.05) is 11.9 Å². The summed E-state index contributed by atoms with van der Waals surface area (Å²) in [4.78, 5) is 0. The van der Waals surface area contributed by atoms with Crippen LogP contribution >= 0.6 is 15.9 Å². The van der Waals surface area contributed by atoms with Gasteiger partial charge < -0.3 is 10.1 Å². The number of alkyl halides is 3. The zero-order chi connectivity index (χ0) is 12.2. The van der Waals surface area contributed by atoms with Gasteiger partial charge in [-0.15, -0.1) is 13.2 Å². The molecule has 0 heterocycles. The maximum atomic E-state index is 12.0. The van der Waals surface area contributed by atoms with Gasteiger partial charge in [0.2, 0.25) is 0 Å². The fourth-order valence-electron chi connectivity index (χ4n) is 1.02. The molecule has 1 rings (SSSR count). The van der Waals surface area contributed by atoms with E-state index in [1.807, 2.05) is 0 Å². The fourth-order valence-corrected chi connectivity index (χ4v) is 1.16. The number of anilines is 1. The topological polar surface area (TPSA) is 21.3 Å². The van der Waals surface area contributed by atoms with Gasteiger partial charge in [0.05, 0.1) is 5.69 Å². The number of nitrogens with one attached hydrogen (secondary N) is 1. The molecule has 1 aromatic rings. The van der Waals surface area contributed by atoms with Gasteiger partial charge in [-0.25, -0.2) is 0 Å². The van der Waals surface area contributed by atoms with E-state index in [1.165, 1.54) is 18.2 Å². The molecule has 0 atom stereocenters. The van der Waals surface area contributed by atoms with E-state index in [9.17, 15) is 13.2 Å². The lowest BCUT2D eigenvalue weighted by Crippen LogP contribution is -2.18. The molecule has 0 aliphatic carbocycles. The number of para-hydroxylation sites is 2. The van der Waals surface area contributed by atoms with Crippen LogP contribution in [0.15, 0.2) is 35.3 Å². The molecule has 0 aliphatic rings. The molecule has 6 heteroatoms. The average Bonchev–Trinajstić information content (AvgIpc) is 2.14. The Morgan fingerprint density at radius 1 is 1.38 bits per heavy atom. The zero-order valence-electron chi connectivity index (χ0n) is 8.14. The molecular weight excluding hydrogens is 287 g/mol. The van der Waals surface area contributed by atoms with Crippen molar-refractivity contribution in [1.29, 1.82) is 0 Å². The first-order valence-corrected chi connectivity index (χ1v) is 5.10. The first kappa shape index (κ1) is 12.9. The standard InChI is InChI=1S/C10H9BrF3NO/c1-7(11)6-15-8-4-2-3-5-9(8)16-10(12,13)14/h2-5,15H,1,6H2. The summed E-state index contributed by atoms with van der Waals surface area (Å²) in [5, 5.41) is 2.76. The quantitative estimate of drug-likeness (QED) is 0.909. The van der Waals surface area contributed by atoms with Crippen molar-refractivity contribution in [2.45, 2.75) is 6.36 Å². The van der Waals surface area contributed by atoms with Gasteiger partial charge in [-0.2, -0.15) is 0 Å². The Balaban J connectivity index is 2.79. The van der Waals surface area contributed by atoms with Crippen molar-refractivity contribution in [1.82, 2.24) is 0 Å². The molecular formula is C10H9BrF3NO. The van der Waals surface area contributed by atoms with Crippen LogP contribution in [-0.2, 0) is 0 Å². The SMILES string of the molecule is C=C(Br)CNc1ccccc1OC(F)(F)F. The molecule has 1 N–H and O–H groups in total. The molecule has 0 spiro atoms. The minimum absolute atomic E-state index is 0.260. The first-order chi connectivity index (χ1) is 7.38. The van der Waals surface area contributed by atoms with Crippen molar-refractivity contribution >= 4 is 21.6 Å². The fraction of sp³-hybridized carbons (Fsp3) is 0.200. The van der Waals surface area contributed by atoms with Crippen LogP contribution in [0.1, 0.15) is 0 Å². The summed E-state index contributed by atoms with van der Waals surface area (Å²) < 4.78 is 40.6.